The summed E-state index contributed by atoms with van der Waals surface area (Å²) in [5.41, 5.74) is 1.40. The number of benzene rings is 1. The van der Waals surface area contributed by atoms with E-state index in [0.29, 0.717) is 23.9 Å². The summed E-state index contributed by atoms with van der Waals surface area (Å²) in [5, 5.41) is 6.52. The van der Waals surface area contributed by atoms with E-state index in [2.05, 4.69) is 29.5 Å². The number of rotatable bonds is 6. The first kappa shape index (κ1) is 17.8. The molecule has 0 fully saturated rings. The second kappa shape index (κ2) is 8.92. The highest BCUT2D eigenvalue weighted by atomic mass is 16.5. The molecular weight excluding hydrogens is 282 g/mol. The Balaban J connectivity index is 2.76. The molecule has 0 saturated heterocycles. The zero-order valence-corrected chi connectivity index (χ0v) is 13.9. The molecule has 0 bridgehead atoms. The summed E-state index contributed by atoms with van der Waals surface area (Å²) in [6.07, 6.45) is 1.02. The molecule has 0 amide bonds. The van der Waals surface area contributed by atoms with Crippen molar-refractivity contribution >= 4 is 11.9 Å². The highest BCUT2D eigenvalue weighted by Gasteiger charge is 2.13. The van der Waals surface area contributed by atoms with Crippen LogP contribution in [0.5, 0.6) is 5.75 Å². The van der Waals surface area contributed by atoms with Crippen molar-refractivity contribution in [3.63, 3.8) is 0 Å². The van der Waals surface area contributed by atoms with Gasteiger partial charge in [0.05, 0.1) is 14.2 Å². The fraction of sp³-hybridized carbons (Fsp3) is 0.500. The maximum absolute atomic E-state index is 11.6. The molecule has 2 N–H and O–H groups in total. The van der Waals surface area contributed by atoms with Crippen LogP contribution in [-0.2, 0) is 11.3 Å². The molecule has 1 aromatic carbocycles. The zero-order chi connectivity index (χ0) is 16.5. The van der Waals surface area contributed by atoms with Crippen LogP contribution in [0.1, 0.15) is 36.2 Å². The van der Waals surface area contributed by atoms with Crippen LogP contribution in [0.3, 0.4) is 0 Å². The van der Waals surface area contributed by atoms with Crippen molar-refractivity contribution in [2.45, 2.75) is 32.9 Å². The molecule has 6 nitrogen and oxygen atoms in total. The maximum atomic E-state index is 11.6. The fourth-order valence-corrected chi connectivity index (χ4v) is 1.84. The number of guanidine groups is 1. The van der Waals surface area contributed by atoms with Gasteiger partial charge >= 0.3 is 5.97 Å². The first-order valence-electron chi connectivity index (χ1n) is 7.28. The molecule has 1 atom stereocenters. The Kier molecular flexibility index (Phi) is 7.22. The predicted molar refractivity (Wildman–Crippen MR) is 87.4 cm³/mol. The summed E-state index contributed by atoms with van der Waals surface area (Å²) in [7, 11) is 4.61. The first-order valence-corrected chi connectivity index (χ1v) is 7.28. The molecule has 0 spiro atoms. The van der Waals surface area contributed by atoms with Crippen LogP contribution in [0.4, 0.5) is 0 Å². The van der Waals surface area contributed by atoms with Crippen molar-refractivity contribution < 1.29 is 14.3 Å². The van der Waals surface area contributed by atoms with Crippen molar-refractivity contribution in [3.05, 3.63) is 29.3 Å². The molecule has 0 heterocycles. The molecule has 1 unspecified atom stereocenters. The van der Waals surface area contributed by atoms with Crippen molar-refractivity contribution in [1.82, 2.24) is 10.6 Å². The lowest BCUT2D eigenvalue weighted by Gasteiger charge is -2.17. The molecule has 0 aromatic heterocycles. The number of nitrogens with zero attached hydrogens (tertiary/aromatic N) is 1. The maximum Gasteiger partial charge on any atom is 0.341 e. The van der Waals surface area contributed by atoms with E-state index in [4.69, 9.17) is 9.47 Å². The fourth-order valence-electron chi connectivity index (χ4n) is 1.84. The largest absolute Gasteiger partial charge is 0.496 e. The van der Waals surface area contributed by atoms with E-state index in [1.54, 1.807) is 13.1 Å². The van der Waals surface area contributed by atoms with E-state index in [-0.39, 0.29) is 0 Å². The predicted octanol–water partition coefficient (Wildman–Crippen LogP) is 1.95. The molecule has 1 aromatic rings. The highest BCUT2D eigenvalue weighted by molar-refractivity contribution is 5.92. The third-order valence-corrected chi connectivity index (χ3v) is 3.35. The second-order valence-electron chi connectivity index (χ2n) is 4.91. The number of methoxy groups -OCH3 is 2. The van der Waals surface area contributed by atoms with Crippen LogP contribution in [0.2, 0.25) is 0 Å². The zero-order valence-electron chi connectivity index (χ0n) is 13.9. The third-order valence-electron chi connectivity index (χ3n) is 3.35. The average Bonchev–Trinajstić information content (AvgIpc) is 2.57. The summed E-state index contributed by atoms with van der Waals surface area (Å²) in [4.78, 5) is 15.8. The van der Waals surface area contributed by atoms with Gasteiger partial charge in [0.2, 0.25) is 0 Å². The van der Waals surface area contributed by atoms with E-state index < -0.39 is 5.97 Å². The van der Waals surface area contributed by atoms with Gasteiger partial charge in [-0.3, -0.25) is 4.99 Å². The molecule has 0 aliphatic rings. The Morgan fingerprint density at radius 2 is 2.09 bits per heavy atom. The summed E-state index contributed by atoms with van der Waals surface area (Å²) in [6.45, 7) is 4.79. The Hall–Kier alpha value is -2.24. The SMILES string of the molecule is CCC(C)NC(=NC)NCc1ccc(C(=O)OC)c(OC)c1. The van der Waals surface area contributed by atoms with E-state index in [1.165, 1.54) is 14.2 Å². The van der Waals surface area contributed by atoms with Gasteiger partial charge in [-0.15, -0.1) is 0 Å². The van der Waals surface area contributed by atoms with Gasteiger partial charge < -0.3 is 20.1 Å². The lowest BCUT2D eigenvalue weighted by molar-refractivity contribution is 0.0597. The minimum Gasteiger partial charge on any atom is -0.496 e. The summed E-state index contributed by atoms with van der Waals surface area (Å²) >= 11 is 0. The molecule has 0 radical (unpaired) electrons. The first-order chi connectivity index (χ1) is 10.5. The van der Waals surface area contributed by atoms with Crippen molar-refractivity contribution in [2.75, 3.05) is 21.3 Å². The van der Waals surface area contributed by atoms with Gasteiger partial charge in [0, 0.05) is 19.6 Å². The average molecular weight is 307 g/mol. The minimum absolute atomic E-state index is 0.349. The van der Waals surface area contributed by atoms with Gasteiger partial charge in [-0.25, -0.2) is 4.79 Å². The van der Waals surface area contributed by atoms with Crippen molar-refractivity contribution in [3.8, 4) is 5.75 Å². The van der Waals surface area contributed by atoms with Gasteiger partial charge in [-0.1, -0.05) is 13.0 Å². The van der Waals surface area contributed by atoms with E-state index in [1.807, 2.05) is 12.1 Å². The Labute approximate surface area is 131 Å². The highest BCUT2D eigenvalue weighted by Crippen LogP contribution is 2.21. The molecular formula is C16H25N3O3. The lowest BCUT2D eigenvalue weighted by Crippen LogP contribution is -2.41. The number of nitrogens with one attached hydrogen (secondary N) is 2. The van der Waals surface area contributed by atoms with Crippen LogP contribution < -0.4 is 15.4 Å². The second-order valence-corrected chi connectivity index (χ2v) is 4.91. The standard InChI is InChI=1S/C16H25N3O3/c1-6-11(2)19-16(17-3)18-10-12-7-8-13(15(20)22-5)14(9-12)21-4/h7-9,11H,6,10H2,1-5H3,(H2,17,18,19). The van der Waals surface area contributed by atoms with Crippen LogP contribution in [-0.4, -0.2) is 39.2 Å². The van der Waals surface area contributed by atoms with Crippen LogP contribution >= 0.6 is 0 Å². The topological polar surface area (TPSA) is 72.0 Å². The monoisotopic (exact) mass is 307 g/mol. The summed E-state index contributed by atoms with van der Waals surface area (Å²) < 4.78 is 9.98. The number of hydrogen-bond acceptors (Lipinski definition) is 4. The van der Waals surface area contributed by atoms with Gasteiger partial charge in [0.25, 0.3) is 0 Å². The van der Waals surface area contributed by atoms with E-state index in [9.17, 15) is 4.79 Å². The number of hydrogen-bond donors (Lipinski definition) is 2. The number of carbonyl (C=O) groups excluding carboxylic acids is 1. The number of esters is 1. The lowest BCUT2D eigenvalue weighted by atomic mass is 10.1. The Morgan fingerprint density at radius 3 is 2.64 bits per heavy atom. The molecule has 0 aliphatic carbocycles. The van der Waals surface area contributed by atoms with Gasteiger partial charge in [-0.2, -0.15) is 0 Å². The van der Waals surface area contributed by atoms with Crippen molar-refractivity contribution in [1.29, 1.82) is 0 Å². The number of carbonyl (C=O) groups is 1. The quantitative estimate of drug-likeness (QED) is 0.477. The van der Waals surface area contributed by atoms with E-state index >= 15 is 0 Å². The summed E-state index contributed by atoms with van der Waals surface area (Å²) in [5.74, 6) is 0.826. The minimum atomic E-state index is -0.411. The van der Waals surface area contributed by atoms with Crippen LogP contribution in [0.15, 0.2) is 23.2 Å². The Bertz CT molecular complexity index is 529. The van der Waals surface area contributed by atoms with Gasteiger partial charge in [-0.05, 0) is 31.0 Å². The smallest absolute Gasteiger partial charge is 0.341 e. The molecule has 22 heavy (non-hydrogen) atoms. The Morgan fingerprint density at radius 1 is 1.36 bits per heavy atom. The van der Waals surface area contributed by atoms with Crippen molar-refractivity contribution in [2.24, 2.45) is 4.99 Å². The molecule has 122 valence electrons. The van der Waals surface area contributed by atoms with Gasteiger partial charge in [0.1, 0.15) is 11.3 Å². The third kappa shape index (κ3) is 4.95. The van der Waals surface area contributed by atoms with Gasteiger partial charge in [0.15, 0.2) is 5.96 Å². The molecule has 0 aliphatic heterocycles. The molecule has 0 saturated carbocycles. The number of ether oxygens (including phenoxy) is 2. The van der Waals surface area contributed by atoms with Crippen LogP contribution in [0, 0.1) is 0 Å². The summed E-state index contributed by atoms with van der Waals surface area (Å²) in [6, 6.07) is 5.73. The van der Waals surface area contributed by atoms with E-state index in [0.717, 1.165) is 17.9 Å². The molecule has 1 rings (SSSR count). The molecule has 6 heteroatoms. The van der Waals surface area contributed by atoms with Crippen LogP contribution in [0.25, 0.3) is 0 Å². The normalized spacial score (nSPS) is 12.5. The number of aliphatic imine (C=N–C) groups is 1.